The van der Waals surface area contributed by atoms with Crippen molar-refractivity contribution in [3.05, 3.63) is 254 Å². The molecule has 0 spiro atoms. The van der Waals surface area contributed by atoms with Gasteiger partial charge in [0.15, 0.2) is 0 Å². The Morgan fingerprint density at radius 3 is 1.09 bits per heavy atom. The third kappa shape index (κ3) is 7.51. The van der Waals surface area contributed by atoms with Gasteiger partial charge < -0.3 is 18.6 Å². The number of anilines is 6. The van der Waals surface area contributed by atoms with E-state index in [1.165, 1.54) is 43.4 Å². The van der Waals surface area contributed by atoms with Crippen LogP contribution < -0.4 is 9.80 Å². The lowest BCUT2D eigenvalue weighted by Gasteiger charge is -2.30. The Kier molecular flexibility index (Phi) is 10.9. The molecule has 0 fully saturated rings. The first-order chi connectivity index (χ1) is 37.3. The molecule has 0 aliphatic carbocycles. The van der Waals surface area contributed by atoms with Crippen LogP contribution in [0.5, 0.6) is 0 Å². The largest absolute Gasteiger partial charge is 0.455 e. The fourth-order valence-electron chi connectivity index (χ4n) is 11.7. The highest BCUT2D eigenvalue weighted by molar-refractivity contribution is 6.25. The maximum absolute atomic E-state index is 6.63. The lowest BCUT2D eigenvalue weighted by molar-refractivity contribution is 0.669. The van der Waals surface area contributed by atoms with Crippen LogP contribution in [0.25, 0.3) is 98.4 Å². The first-order valence-electron chi connectivity index (χ1n) is 26.5. The Hall–Kier alpha value is -9.38. The van der Waals surface area contributed by atoms with Crippen LogP contribution in [-0.4, -0.2) is 0 Å². The molecule has 76 heavy (non-hydrogen) atoms. The molecule has 14 rings (SSSR count). The second kappa shape index (κ2) is 18.2. The summed E-state index contributed by atoms with van der Waals surface area (Å²) >= 11 is 0. The van der Waals surface area contributed by atoms with Gasteiger partial charge >= 0.3 is 0 Å². The van der Waals surface area contributed by atoms with Gasteiger partial charge in [-0.25, -0.2) is 0 Å². The Labute approximate surface area is 442 Å². The van der Waals surface area contributed by atoms with Crippen LogP contribution in [0.2, 0.25) is 0 Å². The molecule has 2 aromatic heterocycles. The van der Waals surface area contributed by atoms with E-state index in [4.69, 9.17) is 8.83 Å². The van der Waals surface area contributed by atoms with Crippen molar-refractivity contribution < 1.29 is 8.83 Å². The van der Waals surface area contributed by atoms with Crippen LogP contribution in [0.4, 0.5) is 34.1 Å². The summed E-state index contributed by atoms with van der Waals surface area (Å²) in [7, 11) is 0. The fourth-order valence-corrected chi connectivity index (χ4v) is 11.7. The van der Waals surface area contributed by atoms with Crippen LogP contribution in [0.15, 0.2) is 251 Å². The highest BCUT2D eigenvalue weighted by atomic mass is 16.3. The molecule has 0 saturated carbocycles. The molecular weight excluding hydrogens is 925 g/mol. The van der Waals surface area contributed by atoms with Crippen molar-refractivity contribution in [2.45, 2.75) is 39.5 Å². The number of hydrogen-bond acceptors (Lipinski definition) is 4. The van der Waals surface area contributed by atoms with Gasteiger partial charge in [-0.15, -0.1) is 0 Å². The summed E-state index contributed by atoms with van der Waals surface area (Å²) in [5.74, 6) is 0.636. The standard InChI is InChI=1S/C72H54N2O2/c1-45(2)47-35-37-57-63-44-68(74(52-23-9-6-10-24-52)54-26-16-20-50(40-54)56-30-18-32-62-60-28-12-14-34-70(60)76-72(56)62)66-42-48(46(3)4)36-38-58(66)64(63)43-67(65(57)41-47)73(51-21-7-5-8-22-51)53-25-15-19-49(39-53)55-29-17-31-61-59-27-11-13-33-69(59)75-71(55)61/h5-46H,1-4H3. The lowest BCUT2D eigenvalue weighted by Crippen LogP contribution is -2.12. The van der Waals surface area contributed by atoms with E-state index in [2.05, 4.69) is 268 Å². The zero-order valence-electron chi connectivity index (χ0n) is 43.0. The fraction of sp³-hybridized carbons (Fsp3) is 0.0833. The minimum atomic E-state index is 0.318. The van der Waals surface area contributed by atoms with Crippen LogP contribution >= 0.6 is 0 Å². The first-order valence-corrected chi connectivity index (χ1v) is 26.5. The number of furan rings is 2. The summed E-state index contributed by atoms with van der Waals surface area (Å²) < 4.78 is 13.3. The van der Waals surface area contributed by atoms with E-state index >= 15 is 0 Å². The topological polar surface area (TPSA) is 32.8 Å². The predicted molar refractivity (Wildman–Crippen MR) is 322 cm³/mol. The zero-order valence-corrected chi connectivity index (χ0v) is 43.0. The number of hydrogen-bond donors (Lipinski definition) is 0. The third-order valence-corrected chi connectivity index (χ3v) is 15.6. The summed E-state index contributed by atoms with van der Waals surface area (Å²) in [4.78, 5) is 4.92. The molecule has 12 aromatic carbocycles. The first kappa shape index (κ1) is 45.3. The van der Waals surface area contributed by atoms with Gasteiger partial charge in [0.05, 0.1) is 11.4 Å². The summed E-state index contributed by atoms with van der Waals surface area (Å²) in [6, 6.07) is 88.5. The van der Waals surface area contributed by atoms with Gasteiger partial charge in [-0.3, -0.25) is 0 Å². The van der Waals surface area contributed by atoms with Crippen molar-refractivity contribution in [3.8, 4) is 22.3 Å². The molecule has 0 unspecified atom stereocenters. The molecular formula is C72H54N2O2. The molecule has 0 aliphatic rings. The number of para-hydroxylation sites is 6. The molecule has 0 saturated heterocycles. The monoisotopic (exact) mass is 978 g/mol. The number of rotatable bonds is 10. The van der Waals surface area contributed by atoms with Gasteiger partial charge in [0.2, 0.25) is 0 Å². The maximum Gasteiger partial charge on any atom is 0.143 e. The smallest absolute Gasteiger partial charge is 0.143 e. The van der Waals surface area contributed by atoms with Crippen molar-refractivity contribution in [2.24, 2.45) is 0 Å². The second-order valence-electron chi connectivity index (χ2n) is 20.8. The van der Waals surface area contributed by atoms with E-state index in [9.17, 15) is 0 Å². The highest BCUT2D eigenvalue weighted by Crippen LogP contribution is 2.50. The normalized spacial score (nSPS) is 11.9. The Bertz CT molecular complexity index is 4250. The summed E-state index contributed by atoms with van der Waals surface area (Å²) in [5, 5.41) is 11.6. The van der Waals surface area contributed by atoms with Gasteiger partial charge in [0.1, 0.15) is 22.3 Å². The number of nitrogens with zero attached hydrogens (tertiary/aromatic N) is 2. The van der Waals surface area contributed by atoms with Gasteiger partial charge in [-0.1, -0.05) is 185 Å². The maximum atomic E-state index is 6.63. The molecule has 4 nitrogen and oxygen atoms in total. The average molecular weight is 979 g/mol. The summed E-state index contributed by atoms with van der Waals surface area (Å²) in [5.41, 5.74) is 17.0. The van der Waals surface area contributed by atoms with Gasteiger partial charge in [-0.2, -0.15) is 0 Å². The lowest BCUT2D eigenvalue weighted by atomic mass is 9.89. The van der Waals surface area contributed by atoms with E-state index in [1.807, 2.05) is 12.1 Å². The Morgan fingerprint density at radius 2 is 0.658 bits per heavy atom. The SMILES string of the molecule is CC(C)c1ccc2c(c1)c(N(c1ccccc1)c1cccc(-c3cccc4c3oc3ccccc34)c1)cc1c3ccc(C(C)C)cc3c(N(c3ccccc3)c3cccc(-c4cccc5c4oc4ccccc45)c3)cc21. The van der Waals surface area contributed by atoms with E-state index < -0.39 is 0 Å². The van der Waals surface area contributed by atoms with Crippen LogP contribution in [-0.2, 0) is 0 Å². The van der Waals surface area contributed by atoms with Crippen molar-refractivity contribution in [1.82, 2.24) is 0 Å². The van der Waals surface area contributed by atoms with Crippen LogP contribution in [0.1, 0.15) is 50.7 Å². The molecule has 0 atom stereocenters. The number of fused-ring (bicyclic) bond motifs is 11. The zero-order chi connectivity index (χ0) is 51.0. The predicted octanol–water partition coefficient (Wildman–Crippen LogP) is 21.5. The highest BCUT2D eigenvalue weighted by Gasteiger charge is 2.25. The average Bonchev–Trinajstić information content (AvgIpc) is 4.13. The Morgan fingerprint density at radius 1 is 0.276 bits per heavy atom. The minimum Gasteiger partial charge on any atom is -0.455 e. The molecule has 0 bridgehead atoms. The van der Waals surface area contributed by atoms with Crippen molar-refractivity contribution >= 4 is 110 Å². The van der Waals surface area contributed by atoms with Crippen molar-refractivity contribution in [1.29, 1.82) is 0 Å². The van der Waals surface area contributed by atoms with Crippen LogP contribution in [0, 0.1) is 0 Å². The van der Waals surface area contributed by atoms with Crippen LogP contribution in [0.3, 0.4) is 0 Å². The van der Waals surface area contributed by atoms with E-state index in [-0.39, 0.29) is 0 Å². The minimum absolute atomic E-state index is 0.318. The molecule has 0 radical (unpaired) electrons. The van der Waals surface area contributed by atoms with E-state index in [1.54, 1.807) is 0 Å². The second-order valence-corrected chi connectivity index (χ2v) is 20.8. The quantitative estimate of drug-likeness (QED) is 0.128. The molecule has 364 valence electrons. The molecule has 0 aliphatic heterocycles. The molecule has 0 amide bonds. The molecule has 14 aromatic rings. The third-order valence-electron chi connectivity index (χ3n) is 15.6. The van der Waals surface area contributed by atoms with Gasteiger partial charge in [0.25, 0.3) is 0 Å². The van der Waals surface area contributed by atoms with Gasteiger partial charge in [-0.05, 0) is 141 Å². The molecule has 2 heterocycles. The van der Waals surface area contributed by atoms with Crippen molar-refractivity contribution in [2.75, 3.05) is 9.80 Å². The van der Waals surface area contributed by atoms with Crippen molar-refractivity contribution in [3.63, 3.8) is 0 Å². The Balaban J connectivity index is 1.02. The molecule has 0 N–H and O–H groups in total. The van der Waals surface area contributed by atoms with Gasteiger partial charge in [0, 0.05) is 66.2 Å². The van der Waals surface area contributed by atoms with E-state index in [0.29, 0.717) is 11.8 Å². The molecule has 4 heteroatoms. The number of benzene rings is 12. The summed E-state index contributed by atoms with van der Waals surface area (Å²) in [6.07, 6.45) is 0. The van der Waals surface area contributed by atoms with E-state index in [0.717, 1.165) is 100 Å². The summed E-state index contributed by atoms with van der Waals surface area (Å²) in [6.45, 7) is 9.16.